The monoisotopic (exact) mass is 548 g/mol. The summed E-state index contributed by atoms with van der Waals surface area (Å²) in [6, 6.07) is 9.85. The maximum Gasteiger partial charge on any atom is 0.242 e. The lowest BCUT2D eigenvalue weighted by atomic mass is 10.1. The second-order valence-corrected chi connectivity index (χ2v) is 10.7. The van der Waals surface area contributed by atoms with E-state index < -0.39 is 6.04 Å². The van der Waals surface area contributed by atoms with Gasteiger partial charge in [0.2, 0.25) is 11.8 Å². The fraction of sp³-hybridized carbons (Fsp3) is 0.417. The highest BCUT2D eigenvalue weighted by Gasteiger charge is 2.29. The Bertz CT molecular complexity index is 951. The quantitative estimate of drug-likeness (QED) is 0.325. The highest BCUT2D eigenvalue weighted by atomic mass is 35.5. The van der Waals surface area contributed by atoms with Gasteiger partial charge in [-0.3, -0.25) is 9.59 Å². The van der Waals surface area contributed by atoms with Gasteiger partial charge in [0.1, 0.15) is 6.04 Å². The minimum absolute atomic E-state index is 0.146. The zero-order valence-corrected chi connectivity index (χ0v) is 22.7. The molecule has 0 aromatic heterocycles. The molecule has 180 valence electrons. The lowest BCUT2D eigenvalue weighted by molar-refractivity contribution is -0.139. The molecule has 0 aliphatic rings. The number of carbonyl (C=O) groups is 2. The molecule has 9 heteroatoms. The summed E-state index contributed by atoms with van der Waals surface area (Å²) in [6.45, 7) is 6.61. The molecule has 2 amide bonds. The minimum atomic E-state index is -0.636. The third-order valence-corrected chi connectivity index (χ3v) is 7.22. The normalized spacial score (nSPS) is 12.0. The Morgan fingerprint density at radius 2 is 1.70 bits per heavy atom. The van der Waals surface area contributed by atoms with Gasteiger partial charge in [0.15, 0.2) is 0 Å². The summed E-state index contributed by atoms with van der Waals surface area (Å²) >= 11 is 26.4. The van der Waals surface area contributed by atoms with Crippen LogP contribution in [0, 0.1) is 5.92 Å². The second kappa shape index (κ2) is 13.7. The van der Waals surface area contributed by atoms with E-state index in [4.69, 9.17) is 46.4 Å². The predicted molar refractivity (Wildman–Crippen MR) is 142 cm³/mol. The number of carbonyl (C=O) groups excluding carboxylic acids is 2. The van der Waals surface area contributed by atoms with Crippen molar-refractivity contribution in [1.82, 2.24) is 10.2 Å². The summed E-state index contributed by atoms with van der Waals surface area (Å²) in [6.07, 6.45) is 0.464. The molecule has 1 N–H and O–H groups in total. The van der Waals surface area contributed by atoms with Gasteiger partial charge in [-0.15, -0.1) is 11.8 Å². The van der Waals surface area contributed by atoms with Gasteiger partial charge >= 0.3 is 0 Å². The fourth-order valence-corrected chi connectivity index (χ4v) is 5.15. The van der Waals surface area contributed by atoms with Gasteiger partial charge in [0.25, 0.3) is 0 Å². The third-order valence-electron chi connectivity index (χ3n) is 4.96. The first-order valence-corrected chi connectivity index (χ1v) is 13.3. The van der Waals surface area contributed by atoms with E-state index in [-0.39, 0.29) is 24.1 Å². The van der Waals surface area contributed by atoms with Crippen LogP contribution in [0.1, 0.15) is 38.3 Å². The molecule has 0 unspecified atom stereocenters. The molecule has 2 rings (SSSR count). The average molecular weight is 550 g/mol. The van der Waals surface area contributed by atoms with Crippen molar-refractivity contribution in [2.45, 2.75) is 45.5 Å². The van der Waals surface area contributed by atoms with Gasteiger partial charge in [0.05, 0.1) is 5.75 Å². The Hall–Kier alpha value is -1.11. The van der Waals surface area contributed by atoms with Gasteiger partial charge < -0.3 is 10.2 Å². The molecule has 4 nitrogen and oxygen atoms in total. The lowest BCUT2D eigenvalue weighted by Gasteiger charge is -2.31. The standard InChI is InChI=1S/C24H28Cl4N2O2S/c1-4-22(24(32)29-11-15(2)3)30(12-18-19(26)6-5-7-20(18)27)23(31)14-33-13-16-8-9-17(25)10-21(16)28/h5-10,15,22H,4,11-14H2,1-3H3,(H,29,32)/t22-/m1/s1. The molecule has 0 heterocycles. The van der Waals surface area contributed by atoms with E-state index in [9.17, 15) is 9.59 Å². The van der Waals surface area contributed by atoms with Gasteiger partial charge in [-0.2, -0.15) is 0 Å². The molecule has 0 bridgehead atoms. The van der Waals surface area contributed by atoms with Gasteiger partial charge in [-0.1, -0.05) is 79.3 Å². The van der Waals surface area contributed by atoms with Crippen LogP contribution >= 0.6 is 58.2 Å². The molecular formula is C24H28Cl4N2O2S. The van der Waals surface area contributed by atoms with Gasteiger partial charge in [-0.05, 0) is 42.2 Å². The van der Waals surface area contributed by atoms with E-state index in [2.05, 4.69) is 5.32 Å². The van der Waals surface area contributed by atoms with Gasteiger partial charge in [0, 0.05) is 44.5 Å². The number of hydrogen-bond acceptors (Lipinski definition) is 3. The molecule has 0 saturated heterocycles. The number of nitrogens with zero attached hydrogens (tertiary/aromatic N) is 1. The number of nitrogens with one attached hydrogen (secondary N) is 1. The summed E-state index contributed by atoms with van der Waals surface area (Å²) in [5.74, 6) is 0.655. The predicted octanol–water partition coefficient (Wildman–Crippen LogP) is 7.11. The lowest BCUT2D eigenvalue weighted by Crippen LogP contribution is -2.50. The van der Waals surface area contributed by atoms with Crippen LogP contribution in [0.2, 0.25) is 20.1 Å². The molecular weight excluding hydrogens is 522 g/mol. The van der Waals surface area contributed by atoms with Crippen LogP contribution in [0.5, 0.6) is 0 Å². The van der Waals surface area contributed by atoms with Crippen molar-refractivity contribution in [2.24, 2.45) is 5.92 Å². The summed E-state index contributed by atoms with van der Waals surface area (Å²) in [5, 5.41) is 4.97. The van der Waals surface area contributed by atoms with Crippen LogP contribution in [0.15, 0.2) is 36.4 Å². The second-order valence-electron chi connectivity index (χ2n) is 8.01. The first-order chi connectivity index (χ1) is 15.6. The van der Waals surface area contributed by atoms with Crippen LogP contribution in [0.25, 0.3) is 0 Å². The Morgan fingerprint density at radius 3 is 2.27 bits per heavy atom. The maximum absolute atomic E-state index is 13.3. The number of halogens is 4. The van der Waals surface area contributed by atoms with Gasteiger partial charge in [-0.25, -0.2) is 0 Å². The van der Waals surface area contributed by atoms with Crippen LogP contribution in [-0.2, 0) is 21.9 Å². The highest BCUT2D eigenvalue weighted by molar-refractivity contribution is 7.99. The van der Waals surface area contributed by atoms with E-state index in [0.717, 1.165) is 5.56 Å². The summed E-state index contributed by atoms with van der Waals surface area (Å²) < 4.78 is 0. The van der Waals surface area contributed by atoms with Crippen molar-refractivity contribution in [1.29, 1.82) is 0 Å². The molecule has 2 aromatic carbocycles. The summed E-state index contributed by atoms with van der Waals surface area (Å²) in [4.78, 5) is 27.8. The first-order valence-electron chi connectivity index (χ1n) is 10.7. The molecule has 0 fully saturated rings. The Morgan fingerprint density at radius 1 is 1.03 bits per heavy atom. The van der Waals surface area contributed by atoms with Crippen molar-refractivity contribution in [3.63, 3.8) is 0 Å². The molecule has 33 heavy (non-hydrogen) atoms. The molecule has 0 radical (unpaired) electrons. The zero-order valence-electron chi connectivity index (χ0n) is 18.8. The van der Waals surface area contributed by atoms with Crippen LogP contribution in [0.3, 0.4) is 0 Å². The molecule has 1 atom stereocenters. The number of thioether (sulfide) groups is 1. The van der Waals surface area contributed by atoms with Crippen LogP contribution in [0.4, 0.5) is 0 Å². The van der Waals surface area contributed by atoms with Crippen LogP contribution in [-0.4, -0.2) is 35.1 Å². The van der Waals surface area contributed by atoms with E-state index in [1.807, 2.05) is 26.8 Å². The summed E-state index contributed by atoms with van der Waals surface area (Å²) in [7, 11) is 0. The number of amides is 2. The number of rotatable bonds is 11. The van der Waals surface area contributed by atoms with Crippen molar-refractivity contribution in [3.8, 4) is 0 Å². The molecule has 0 saturated carbocycles. The SMILES string of the molecule is CC[C@H](C(=O)NCC(C)C)N(Cc1c(Cl)cccc1Cl)C(=O)CSCc1ccc(Cl)cc1Cl. The largest absolute Gasteiger partial charge is 0.354 e. The van der Waals surface area contributed by atoms with E-state index in [1.165, 1.54) is 11.8 Å². The maximum atomic E-state index is 13.3. The van der Waals surface area contributed by atoms with E-state index in [1.54, 1.807) is 35.2 Å². The number of hydrogen-bond donors (Lipinski definition) is 1. The molecule has 2 aromatic rings. The van der Waals surface area contributed by atoms with E-state index in [0.29, 0.717) is 50.3 Å². The summed E-state index contributed by atoms with van der Waals surface area (Å²) in [5.41, 5.74) is 1.51. The third kappa shape index (κ3) is 8.56. The highest BCUT2D eigenvalue weighted by Crippen LogP contribution is 2.28. The van der Waals surface area contributed by atoms with Crippen molar-refractivity contribution in [2.75, 3.05) is 12.3 Å². The number of benzene rings is 2. The van der Waals surface area contributed by atoms with E-state index >= 15 is 0 Å². The van der Waals surface area contributed by atoms with Crippen molar-refractivity contribution in [3.05, 3.63) is 67.6 Å². The zero-order chi connectivity index (χ0) is 24.5. The average Bonchev–Trinajstić information content (AvgIpc) is 2.75. The van der Waals surface area contributed by atoms with Crippen molar-refractivity contribution < 1.29 is 9.59 Å². The first kappa shape index (κ1) is 28.1. The topological polar surface area (TPSA) is 49.4 Å². The Labute approximate surface area is 220 Å². The molecule has 0 aliphatic heterocycles. The minimum Gasteiger partial charge on any atom is -0.354 e. The van der Waals surface area contributed by atoms with Crippen LogP contribution < -0.4 is 5.32 Å². The Kier molecular flexibility index (Phi) is 11.7. The Balaban J connectivity index is 2.20. The molecule has 0 spiro atoms. The van der Waals surface area contributed by atoms with Crippen molar-refractivity contribution >= 4 is 70.0 Å². The molecule has 0 aliphatic carbocycles. The smallest absolute Gasteiger partial charge is 0.242 e. The fourth-order valence-electron chi connectivity index (χ4n) is 3.17.